The monoisotopic (exact) mass is 6830 g/mol. The fourth-order valence-electron chi connectivity index (χ4n) is 1.54. The molecule has 0 aromatic heterocycles. The predicted molar refractivity (Wildman–Crippen MR) is 46.6 cm³/mol. The molecule has 0 aliphatic heterocycles. The molecular weight excluding hydrogens is 6820 g/mol. The molecule has 0 saturated heterocycles. The third-order valence-electron chi connectivity index (χ3n) is 2.22. The molecule has 0 aromatic rings. The van der Waals surface area contributed by atoms with Gasteiger partial charge in [0, 0.05) is 2410 Å². The van der Waals surface area contributed by atoms with Gasteiger partial charge in [-0.15, -0.1) is 0 Å². The van der Waals surface area contributed by atoms with E-state index in [1.807, 2.05) is 15.7 Å². The zero-order chi connectivity index (χ0) is 8.53. The molecule has 1 fully saturated rings. The second-order valence-corrected chi connectivity index (χ2v) is 3.21. The zero-order valence-corrected chi connectivity index (χ0v) is 249. The van der Waals surface area contributed by atoms with Crippen molar-refractivity contribution in [2.75, 3.05) is 0 Å². The van der Waals surface area contributed by atoms with Crippen LogP contribution in [0.25, 0.3) is 0 Å². The summed E-state index contributed by atoms with van der Waals surface area (Å²) in [6, 6.07) is 0.769. The Morgan fingerprint density at radius 1 is 0.0780 bits per heavy atom. The average Bonchev–Trinajstić information content (AvgIpc) is 2.01. The first-order valence-corrected chi connectivity index (χ1v) is 6.48. The standard InChI is InChI=1S/C8H17N.S.131V/c9-8-6-4-2-1-3-5-7-8;;;;;;;;;;;;;;;;;;;;;;;;;;;;;;;;;;;;;;;;;;;;;;;;;;;;;;;;;;;;;;;;;;;;;;;;;;;;;;;;;;;;;;;;;;;;;;;;;;;;;;;;;;;;;;;;;;;;;;;;;;;;;;;;;;;;/h8H,1-7,9H2;;;;;;;;;;;;;;;;;;;;;;;;;;;;;;;;;;;;;;;;;;;;;;;;;;;;;;;;;;;;;;;;;;;;;;;;;;;;;;;;;;;;;;;;;;;;;;;;;;;;;;;;;;;;;;;;;;;;;;;;;;;;;;;;;;;;/p+1. The van der Waals surface area contributed by atoms with E-state index in [2.05, 4.69) is 16.0 Å². The molecule has 0 aromatic carbocycles. The second-order valence-electron chi connectivity index (χ2n) is 3.21. The van der Waals surface area contributed by atoms with Crippen molar-refractivity contribution in [3.63, 3.8) is 0 Å². The molecule has 0 atom stereocenters. The van der Waals surface area contributed by atoms with E-state index in [1.54, 1.807) is 0 Å². The van der Waals surface area contributed by atoms with Crippen LogP contribution in [0.1, 0.15) is 44.9 Å². The normalized spacial score (nSPS) is 1.62. The maximum absolute atomic E-state index is 4.10. The Hall–Kier alpha value is 76.7. The Morgan fingerprint density at radius 2 is 0.106 bits per heavy atom. The molecule has 1 aliphatic rings. The molecule has 0 heterocycles. The van der Waals surface area contributed by atoms with Gasteiger partial charge in [0.25, 0.3) is 0 Å². The summed E-state index contributed by atoms with van der Waals surface area (Å²) in [5.41, 5.74) is 4.10. The summed E-state index contributed by atoms with van der Waals surface area (Å²) in [7, 11) is 4.02. The third-order valence-corrected chi connectivity index (χ3v) is 2.22. The molecule has 0 bridgehead atoms. The molecule has 3 N–H and O–H groups in total. The Bertz CT molecular complexity index is 129. The minimum Gasteiger partial charge on any atom is 0 e. The van der Waals surface area contributed by atoms with Gasteiger partial charge in [-0.05, 0) is 25.7 Å². The van der Waals surface area contributed by atoms with E-state index in [0.29, 0.717) is 0 Å². The summed E-state index contributed by atoms with van der Waals surface area (Å²) < 4.78 is 0. The third kappa shape index (κ3) is 1330. The van der Waals surface area contributed by atoms with Gasteiger partial charge in [0.05, 0.1) is 6.04 Å². The smallest absolute Gasteiger partial charge is 0 e. The SMILES string of the molecule is [NH3+]C1CCCCCCC1.[S]=[V].[V].[V].[V].[V].[V].[V].[V].[V].[V].[V].[V].[V].[V].[V].[V].[V].[V].[V].[V].[V].[V].[V].[V].[V].[V].[V].[V].[V].[V].[V].[V].[V].[V].[V].[V].[V].[V].[V].[V].[V].[V].[V].[V].[V].[V].[V].[V].[V].[V].[V].[V].[V].[V].[V].[V].[V].[V].[V].[V].[V].[V].[V].[V].[V].[V].[V].[V].[V].[V].[V].[V].[V].[V].[V].[V].[V].[V].[V].[V].[V].[V].[V].[V].[V].[V].[V].[V].[V].[V].[V].[V].[V].[V].[V].[V].[V].[V].[V].[V].[V].[V].[V].[V].[V].[V].[V].[V].[V].[V].[V].[V].[V].[V].[V].[V].[V].[V].[V].[V].[V].[V].[V].[V].[V].[V].[V].[V].[V].[V].[V]. The van der Waals surface area contributed by atoms with Gasteiger partial charge in [-0.3, -0.25) is 0 Å². The van der Waals surface area contributed by atoms with Crippen LogP contribution in [-0.4, -0.2) is 6.04 Å². The van der Waals surface area contributed by atoms with Gasteiger partial charge < -0.3 is 5.73 Å². The van der Waals surface area contributed by atoms with Crippen molar-refractivity contribution in [3.8, 4) is 0 Å². The molecule has 0 spiro atoms. The molecule has 0 unspecified atom stereocenters. The van der Waals surface area contributed by atoms with Crippen molar-refractivity contribution >= 4 is 10.3 Å². The first-order valence-electron chi connectivity index (χ1n) is 4.41. The largest absolute Gasteiger partial charge is 0 e. The predicted octanol–water partition coefficient (Wildman–Crippen LogP) is 1.66. The van der Waals surface area contributed by atoms with Crippen LogP contribution >= 0.6 is 10.3 Å². The van der Waals surface area contributed by atoms with Crippen LogP contribution in [0.3, 0.4) is 0 Å². The van der Waals surface area contributed by atoms with Crippen LogP contribution in [0.4, 0.5) is 0 Å². The summed E-state index contributed by atoms with van der Waals surface area (Å²) in [4.78, 5) is 0. The van der Waals surface area contributed by atoms with Gasteiger partial charge in [0.2, 0.25) is 0 Å². The molecule has 130 radical (unpaired) electrons. The van der Waals surface area contributed by atoms with Gasteiger partial charge in [0.1, 0.15) is 0 Å². The minimum absolute atomic E-state index is 0. The first kappa shape index (κ1) is 1360. The Balaban J connectivity index is -0.0000000000584. The van der Waals surface area contributed by atoms with Crippen molar-refractivity contribution in [2.24, 2.45) is 0 Å². The van der Waals surface area contributed by atoms with Crippen LogP contribution in [-0.2, 0) is 2430 Å². The second kappa shape index (κ2) is 1340. The van der Waals surface area contributed by atoms with Crippen LogP contribution in [0.2, 0.25) is 0 Å². The van der Waals surface area contributed by atoms with Crippen LogP contribution in [0.5, 0.6) is 0 Å². The molecule has 715 valence electrons. The number of rotatable bonds is 0. The number of hydrogen-bond donors (Lipinski definition) is 1. The van der Waals surface area contributed by atoms with E-state index < -0.39 is 0 Å². The molecule has 1 nitrogen and oxygen atoms in total. The van der Waals surface area contributed by atoms with Crippen LogP contribution < -0.4 is 5.73 Å². The first-order chi connectivity index (χ1) is 5.39. The van der Waals surface area contributed by atoms with Gasteiger partial charge in [-0.25, -0.2) is 0 Å². The van der Waals surface area contributed by atoms with Crippen molar-refractivity contribution in [3.05, 3.63) is 0 Å². The van der Waals surface area contributed by atoms with E-state index in [-0.39, 0.29) is 2410 Å². The van der Waals surface area contributed by atoms with E-state index in [0.717, 1.165) is 6.04 Å². The van der Waals surface area contributed by atoms with Crippen molar-refractivity contribution in [1.82, 2.24) is 0 Å². The maximum Gasteiger partial charge on any atom is 0 e. The van der Waals surface area contributed by atoms with Gasteiger partial charge in [-0.2, -0.15) is 0 Å². The molecule has 1 aliphatic carbocycles. The topological polar surface area (TPSA) is 27.6 Å². The molecule has 1 rings (SSSR count). The molecule has 1 saturated carbocycles. The summed E-state index contributed by atoms with van der Waals surface area (Å²) in [6.45, 7) is 0. The molecule has 133 heteroatoms. The van der Waals surface area contributed by atoms with E-state index in [4.69, 9.17) is 0 Å². The average molecular weight is 6830 g/mol. The quantitative estimate of drug-likeness (QED) is 0.394. The Labute approximate surface area is 2420 Å². The van der Waals surface area contributed by atoms with Crippen LogP contribution in [0, 0.1) is 0 Å². The summed E-state index contributed by atoms with van der Waals surface area (Å²) >= 11 is 1.90. The maximum atomic E-state index is 4.10. The van der Waals surface area contributed by atoms with Crippen LogP contribution in [0.15, 0.2) is 0 Å². The van der Waals surface area contributed by atoms with Gasteiger partial charge in [-0.1, -0.05) is 19.3 Å². The number of hydrogen-bond acceptors (Lipinski definition) is 1. The molecule has 141 heavy (non-hydrogen) atoms. The van der Waals surface area contributed by atoms with Gasteiger partial charge >= 0.3 is 26.0 Å². The minimum atomic E-state index is 0. The summed E-state index contributed by atoms with van der Waals surface area (Å²) in [5.74, 6) is 0. The molecule has 0 amide bonds. The Kier molecular flexibility index (Phi) is 12900. The summed E-state index contributed by atoms with van der Waals surface area (Å²) in [6.07, 6.45) is 9.97. The van der Waals surface area contributed by atoms with Crippen molar-refractivity contribution < 1.29 is 2430 Å². The van der Waals surface area contributed by atoms with E-state index in [1.165, 1.54) is 44.9 Å². The fraction of sp³-hybridized carbons (Fsp3) is 1.00. The van der Waals surface area contributed by atoms with E-state index >= 15 is 0 Å². The van der Waals surface area contributed by atoms with Crippen molar-refractivity contribution in [1.29, 1.82) is 0 Å². The Morgan fingerprint density at radius 3 is 0.142 bits per heavy atom. The van der Waals surface area contributed by atoms with Gasteiger partial charge in [0.15, 0.2) is 0 Å². The summed E-state index contributed by atoms with van der Waals surface area (Å²) in [5, 5.41) is 0. The van der Waals surface area contributed by atoms with E-state index in [9.17, 15) is 0 Å². The number of quaternary nitrogens is 1. The van der Waals surface area contributed by atoms with Crippen molar-refractivity contribution in [2.45, 2.75) is 51.0 Å². The molecular formula is C8H18NSV131+. The fourth-order valence-corrected chi connectivity index (χ4v) is 1.54. The zero-order valence-electron chi connectivity index (χ0n) is 65.2.